The fourth-order valence-electron chi connectivity index (χ4n) is 0.972. The van der Waals surface area contributed by atoms with E-state index in [4.69, 9.17) is 0 Å². The first-order chi connectivity index (χ1) is 7.20. The third kappa shape index (κ3) is 4.92. The molecule has 0 aliphatic heterocycles. The fourth-order valence-corrected chi connectivity index (χ4v) is 1.67. The third-order valence-corrected chi connectivity index (χ3v) is 3.33. The van der Waals surface area contributed by atoms with Crippen LogP contribution in [0.4, 0.5) is 0 Å². The lowest BCUT2D eigenvalue weighted by atomic mass is 10.2. The van der Waals surface area contributed by atoms with Crippen molar-refractivity contribution in [2.45, 2.75) is 25.2 Å². The second-order valence-electron chi connectivity index (χ2n) is 3.42. The Balaban J connectivity index is 2.35. The molecular formula is C13H16OS. The molecule has 15 heavy (non-hydrogen) atoms. The van der Waals surface area contributed by atoms with Gasteiger partial charge in [-0.25, -0.2) is 0 Å². The summed E-state index contributed by atoms with van der Waals surface area (Å²) in [4.78, 5) is 0. The number of benzene rings is 1. The summed E-state index contributed by atoms with van der Waals surface area (Å²) in [5.41, 5.74) is 1.04. The van der Waals surface area contributed by atoms with Gasteiger partial charge in [0.15, 0.2) is 0 Å². The molecule has 80 valence electrons. The van der Waals surface area contributed by atoms with Crippen LogP contribution < -0.4 is 0 Å². The Labute approximate surface area is 95.9 Å². The van der Waals surface area contributed by atoms with Gasteiger partial charge in [-0.15, -0.1) is 11.8 Å². The van der Waals surface area contributed by atoms with Crippen molar-refractivity contribution in [3.63, 3.8) is 0 Å². The zero-order valence-electron chi connectivity index (χ0n) is 9.10. The highest BCUT2D eigenvalue weighted by Crippen LogP contribution is 2.12. The molecule has 0 bridgehead atoms. The molecule has 0 saturated heterocycles. The summed E-state index contributed by atoms with van der Waals surface area (Å²) < 4.78 is 0. The van der Waals surface area contributed by atoms with E-state index in [1.165, 1.54) is 0 Å². The molecule has 0 radical (unpaired) electrons. The van der Waals surface area contributed by atoms with Crippen molar-refractivity contribution >= 4 is 11.8 Å². The summed E-state index contributed by atoms with van der Waals surface area (Å²) in [7, 11) is 0. The summed E-state index contributed by atoms with van der Waals surface area (Å²) in [5, 5.41) is 9.51. The van der Waals surface area contributed by atoms with Gasteiger partial charge in [-0.3, -0.25) is 0 Å². The Kier molecular flexibility index (Phi) is 5.31. The van der Waals surface area contributed by atoms with Gasteiger partial charge in [0.1, 0.15) is 0 Å². The first-order valence-corrected chi connectivity index (χ1v) is 6.08. The Bertz CT molecular complexity index is 335. The van der Waals surface area contributed by atoms with E-state index in [-0.39, 0.29) is 11.4 Å². The minimum absolute atomic E-state index is 0.245. The van der Waals surface area contributed by atoms with Crippen molar-refractivity contribution in [1.29, 1.82) is 0 Å². The van der Waals surface area contributed by atoms with E-state index >= 15 is 0 Å². The normalized spacial score (nSPS) is 13.8. The average molecular weight is 220 g/mol. The third-order valence-electron chi connectivity index (χ3n) is 2.10. The van der Waals surface area contributed by atoms with Crippen LogP contribution >= 0.6 is 11.8 Å². The molecule has 1 aromatic carbocycles. The van der Waals surface area contributed by atoms with Crippen LogP contribution in [0.25, 0.3) is 0 Å². The standard InChI is InChI=1S/C13H16OS/c1-11(14)12(2)15-10-6-9-13-7-4-3-5-8-13/h3-5,7-8,11-12,14H,10H2,1-2H3. The van der Waals surface area contributed by atoms with Gasteiger partial charge in [0, 0.05) is 10.8 Å². The van der Waals surface area contributed by atoms with E-state index in [0.29, 0.717) is 0 Å². The zero-order valence-corrected chi connectivity index (χ0v) is 9.92. The molecule has 0 aliphatic rings. The monoisotopic (exact) mass is 220 g/mol. The lowest BCUT2D eigenvalue weighted by Gasteiger charge is -2.11. The summed E-state index contributed by atoms with van der Waals surface area (Å²) in [5.74, 6) is 6.94. The summed E-state index contributed by atoms with van der Waals surface area (Å²) in [6.07, 6.45) is -0.270. The van der Waals surface area contributed by atoms with Gasteiger partial charge in [0.2, 0.25) is 0 Å². The Morgan fingerprint density at radius 1 is 1.27 bits per heavy atom. The maximum absolute atomic E-state index is 9.27. The van der Waals surface area contributed by atoms with Gasteiger partial charge < -0.3 is 5.11 Å². The van der Waals surface area contributed by atoms with E-state index in [1.54, 1.807) is 11.8 Å². The highest BCUT2D eigenvalue weighted by molar-refractivity contribution is 8.00. The fraction of sp³-hybridized carbons (Fsp3) is 0.385. The summed E-state index contributed by atoms with van der Waals surface area (Å²) in [6, 6.07) is 9.94. The van der Waals surface area contributed by atoms with E-state index in [0.717, 1.165) is 11.3 Å². The zero-order chi connectivity index (χ0) is 11.1. The largest absolute Gasteiger partial charge is 0.392 e. The van der Waals surface area contributed by atoms with Crippen molar-refractivity contribution in [2.24, 2.45) is 0 Å². The molecule has 1 nitrogen and oxygen atoms in total. The van der Waals surface area contributed by atoms with E-state index in [2.05, 4.69) is 11.8 Å². The van der Waals surface area contributed by atoms with Gasteiger partial charge in [0.25, 0.3) is 0 Å². The molecule has 2 atom stereocenters. The first-order valence-electron chi connectivity index (χ1n) is 5.03. The minimum atomic E-state index is -0.270. The molecule has 0 aliphatic carbocycles. The molecule has 0 fully saturated rings. The van der Waals surface area contributed by atoms with Crippen LogP contribution in [0.2, 0.25) is 0 Å². The van der Waals surface area contributed by atoms with Crippen LogP contribution in [0.5, 0.6) is 0 Å². The van der Waals surface area contributed by atoms with Crippen LogP contribution in [0.3, 0.4) is 0 Å². The maximum Gasteiger partial charge on any atom is 0.0628 e. The van der Waals surface area contributed by atoms with Gasteiger partial charge in [0.05, 0.1) is 11.9 Å². The highest BCUT2D eigenvalue weighted by Gasteiger charge is 2.06. The van der Waals surface area contributed by atoms with Crippen LogP contribution in [0, 0.1) is 11.8 Å². The molecule has 2 heteroatoms. The second kappa shape index (κ2) is 6.55. The topological polar surface area (TPSA) is 20.2 Å². The molecular weight excluding hydrogens is 204 g/mol. The molecule has 0 spiro atoms. The molecule has 0 saturated carbocycles. The predicted octanol–water partition coefficient (Wildman–Crippen LogP) is 2.54. The molecule has 2 unspecified atom stereocenters. The van der Waals surface area contributed by atoms with E-state index in [9.17, 15) is 5.11 Å². The van der Waals surface area contributed by atoms with Gasteiger partial charge in [-0.05, 0) is 19.1 Å². The lowest BCUT2D eigenvalue weighted by molar-refractivity contribution is 0.196. The molecule has 0 amide bonds. The number of hydrogen-bond acceptors (Lipinski definition) is 2. The van der Waals surface area contributed by atoms with Gasteiger partial charge in [-0.2, -0.15) is 0 Å². The van der Waals surface area contributed by atoms with E-state index < -0.39 is 0 Å². The smallest absolute Gasteiger partial charge is 0.0628 e. The Morgan fingerprint density at radius 3 is 2.53 bits per heavy atom. The van der Waals surface area contributed by atoms with Crippen molar-refractivity contribution in [2.75, 3.05) is 5.75 Å². The molecule has 1 aromatic rings. The lowest BCUT2D eigenvalue weighted by Crippen LogP contribution is -2.15. The van der Waals surface area contributed by atoms with Crippen molar-refractivity contribution in [3.05, 3.63) is 35.9 Å². The first kappa shape index (κ1) is 12.2. The van der Waals surface area contributed by atoms with E-state index in [1.807, 2.05) is 44.2 Å². The molecule has 1 rings (SSSR count). The summed E-state index contributed by atoms with van der Waals surface area (Å²) in [6.45, 7) is 3.82. The number of thioether (sulfide) groups is 1. The molecule has 0 heterocycles. The minimum Gasteiger partial charge on any atom is -0.392 e. The predicted molar refractivity (Wildman–Crippen MR) is 66.9 cm³/mol. The SMILES string of the molecule is CC(O)C(C)SCC#Cc1ccccc1. The number of aliphatic hydroxyl groups is 1. The number of rotatable bonds is 3. The highest BCUT2D eigenvalue weighted by atomic mass is 32.2. The quantitative estimate of drug-likeness (QED) is 0.790. The maximum atomic E-state index is 9.27. The van der Waals surface area contributed by atoms with Crippen molar-refractivity contribution in [1.82, 2.24) is 0 Å². The van der Waals surface area contributed by atoms with Crippen molar-refractivity contribution < 1.29 is 5.11 Å². The molecule has 1 N–H and O–H groups in total. The average Bonchev–Trinajstić information content (AvgIpc) is 2.25. The number of aliphatic hydroxyl groups excluding tert-OH is 1. The van der Waals surface area contributed by atoms with Crippen LogP contribution in [0.1, 0.15) is 19.4 Å². The van der Waals surface area contributed by atoms with Crippen molar-refractivity contribution in [3.8, 4) is 11.8 Å². The van der Waals surface area contributed by atoms with Crippen LogP contribution in [-0.2, 0) is 0 Å². The Morgan fingerprint density at radius 2 is 1.93 bits per heavy atom. The van der Waals surface area contributed by atoms with Crippen LogP contribution in [0.15, 0.2) is 30.3 Å². The second-order valence-corrected chi connectivity index (χ2v) is 4.79. The Hall–Kier alpha value is -0.910. The number of hydrogen-bond donors (Lipinski definition) is 1. The van der Waals surface area contributed by atoms with Gasteiger partial charge in [-0.1, -0.05) is 37.0 Å². The van der Waals surface area contributed by atoms with Crippen LogP contribution in [-0.4, -0.2) is 22.2 Å². The van der Waals surface area contributed by atoms with Gasteiger partial charge >= 0.3 is 0 Å². The summed E-state index contributed by atoms with van der Waals surface area (Å²) >= 11 is 1.68. The molecule has 0 aromatic heterocycles.